The summed E-state index contributed by atoms with van der Waals surface area (Å²) in [6.45, 7) is 1.58. The average molecular weight is 350 g/mol. The fourth-order valence-corrected chi connectivity index (χ4v) is 3.51. The van der Waals surface area contributed by atoms with Crippen LogP contribution in [0.4, 0.5) is 4.39 Å². The first kappa shape index (κ1) is 17.0. The van der Waals surface area contributed by atoms with Crippen molar-refractivity contribution in [2.24, 2.45) is 0 Å². The van der Waals surface area contributed by atoms with Gasteiger partial charge < -0.3 is 4.90 Å². The van der Waals surface area contributed by atoms with Gasteiger partial charge in [0, 0.05) is 36.5 Å². The molecule has 0 aliphatic carbocycles. The highest BCUT2D eigenvalue weighted by Crippen LogP contribution is 2.23. The Morgan fingerprint density at radius 1 is 1.38 bits per heavy atom. The molecule has 2 heterocycles. The molecule has 0 saturated carbocycles. The highest BCUT2D eigenvalue weighted by molar-refractivity contribution is 6.31. The number of aryl methyl sites for hydroxylation is 1. The van der Waals surface area contributed by atoms with Crippen molar-refractivity contribution >= 4 is 17.5 Å². The molecular formula is C18H21ClFN3O. The lowest BCUT2D eigenvalue weighted by Gasteiger charge is -2.36. The summed E-state index contributed by atoms with van der Waals surface area (Å²) in [5, 5.41) is 4.53. The van der Waals surface area contributed by atoms with Crippen molar-refractivity contribution < 1.29 is 9.18 Å². The molecule has 1 aliphatic heterocycles. The second kappa shape index (κ2) is 7.79. The largest absolute Gasteiger partial charge is 0.339 e. The summed E-state index contributed by atoms with van der Waals surface area (Å²) in [6.07, 6.45) is 8.01. The normalized spacial score (nSPS) is 17.9. The van der Waals surface area contributed by atoms with Crippen molar-refractivity contribution in [3.63, 3.8) is 0 Å². The Balaban J connectivity index is 1.64. The summed E-state index contributed by atoms with van der Waals surface area (Å²) in [4.78, 5) is 14.7. The number of hydrogen-bond acceptors (Lipinski definition) is 2. The van der Waals surface area contributed by atoms with Crippen LogP contribution < -0.4 is 0 Å². The lowest BCUT2D eigenvalue weighted by atomic mass is 9.98. The molecule has 1 aromatic carbocycles. The number of likely N-dealkylation sites (tertiary alicyclic amines) is 1. The molecule has 128 valence electrons. The van der Waals surface area contributed by atoms with E-state index < -0.39 is 0 Å². The number of aromatic nitrogens is 2. The Bertz CT molecular complexity index is 690. The van der Waals surface area contributed by atoms with Gasteiger partial charge >= 0.3 is 0 Å². The van der Waals surface area contributed by atoms with Crippen LogP contribution in [0.25, 0.3) is 0 Å². The Morgan fingerprint density at radius 2 is 2.25 bits per heavy atom. The van der Waals surface area contributed by atoms with Gasteiger partial charge in [-0.15, -0.1) is 0 Å². The van der Waals surface area contributed by atoms with E-state index in [-0.39, 0.29) is 24.2 Å². The number of carbonyl (C=O) groups excluding carboxylic acids is 1. The molecule has 3 rings (SSSR count). The van der Waals surface area contributed by atoms with Crippen LogP contribution in [-0.4, -0.2) is 33.2 Å². The minimum absolute atomic E-state index is 0.0636. The van der Waals surface area contributed by atoms with Crippen LogP contribution in [0, 0.1) is 5.82 Å². The third kappa shape index (κ3) is 4.15. The molecule has 0 spiro atoms. The van der Waals surface area contributed by atoms with Crippen molar-refractivity contribution in [2.75, 3.05) is 6.54 Å². The summed E-state index contributed by atoms with van der Waals surface area (Å²) in [6, 6.07) is 6.34. The van der Waals surface area contributed by atoms with Crippen LogP contribution >= 0.6 is 11.6 Å². The monoisotopic (exact) mass is 349 g/mol. The van der Waals surface area contributed by atoms with Gasteiger partial charge in [0.1, 0.15) is 5.82 Å². The third-order valence-corrected chi connectivity index (χ3v) is 4.91. The molecule has 0 N–H and O–H groups in total. The van der Waals surface area contributed by atoms with Gasteiger partial charge in [-0.05, 0) is 49.4 Å². The van der Waals surface area contributed by atoms with Gasteiger partial charge in [0.2, 0.25) is 5.91 Å². The first-order chi connectivity index (χ1) is 11.6. The van der Waals surface area contributed by atoms with E-state index in [9.17, 15) is 9.18 Å². The van der Waals surface area contributed by atoms with E-state index >= 15 is 0 Å². The topological polar surface area (TPSA) is 38.1 Å². The second-order valence-corrected chi connectivity index (χ2v) is 6.61. The van der Waals surface area contributed by atoms with Gasteiger partial charge in [-0.25, -0.2) is 4.39 Å². The number of rotatable bonds is 5. The molecule has 1 fully saturated rings. The number of hydrogen-bond donors (Lipinski definition) is 0. The Kier molecular flexibility index (Phi) is 5.51. The van der Waals surface area contributed by atoms with Gasteiger partial charge in [0.15, 0.2) is 0 Å². The van der Waals surface area contributed by atoms with E-state index in [4.69, 9.17) is 11.6 Å². The zero-order valence-electron chi connectivity index (χ0n) is 13.5. The smallest absolute Gasteiger partial charge is 0.227 e. The molecule has 0 radical (unpaired) electrons. The van der Waals surface area contributed by atoms with Crippen molar-refractivity contribution in [2.45, 2.75) is 44.7 Å². The minimum Gasteiger partial charge on any atom is -0.339 e. The maximum absolute atomic E-state index is 13.1. The zero-order valence-corrected chi connectivity index (χ0v) is 14.3. The maximum Gasteiger partial charge on any atom is 0.227 e. The Morgan fingerprint density at radius 3 is 3.00 bits per heavy atom. The summed E-state index contributed by atoms with van der Waals surface area (Å²) < 4.78 is 15.0. The van der Waals surface area contributed by atoms with Crippen molar-refractivity contribution in [1.82, 2.24) is 14.7 Å². The van der Waals surface area contributed by atoms with Crippen molar-refractivity contribution in [3.8, 4) is 0 Å². The molecule has 1 aliphatic rings. The predicted octanol–water partition coefficient (Wildman–Crippen LogP) is 3.69. The van der Waals surface area contributed by atoms with Crippen LogP contribution in [0.2, 0.25) is 5.02 Å². The fraction of sp³-hybridized carbons (Fsp3) is 0.444. The van der Waals surface area contributed by atoms with E-state index in [0.717, 1.165) is 38.8 Å². The highest BCUT2D eigenvalue weighted by atomic mass is 35.5. The van der Waals surface area contributed by atoms with Gasteiger partial charge in [-0.3, -0.25) is 9.48 Å². The number of carbonyl (C=O) groups is 1. The number of benzene rings is 1. The van der Waals surface area contributed by atoms with Crippen LogP contribution in [0.15, 0.2) is 36.7 Å². The molecule has 6 heteroatoms. The van der Waals surface area contributed by atoms with E-state index in [2.05, 4.69) is 5.10 Å². The third-order valence-electron chi connectivity index (χ3n) is 4.55. The molecule has 2 aromatic rings. The van der Waals surface area contributed by atoms with Gasteiger partial charge in [-0.1, -0.05) is 17.7 Å². The lowest BCUT2D eigenvalue weighted by Crippen LogP contribution is -2.45. The van der Waals surface area contributed by atoms with Crippen molar-refractivity contribution in [3.05, 3.63) is 53.1 Å². The summed E-state index contributed by atoms with van der Waals surface area (Å²) in [7, 11) is 0. The summed E-state index contributed by atoms with van der Waals surface area (Å²) in [5.74, 6) is -0.319. The van der Waals surface area contributed by atoms with E-state index in [1.165, 1.54) is 12.1 Å². The highest BCUT2D eigenvalue weighted by Gasteiger charge is 2.26. The number of amides is 1. The fourth-order valence-electron chi connectivity index (χ4n) is 3.27. The molecule has 1 saturated heterocycles. The van der Waals surface area contributed by atoms with Crippen LogP contribution in [0.1, 0.15) is 31.2 Å². The molecule has 4 nitrogen and oxygen atoms in total. The van der Waals surface area contributed by atoms with Gasteiger partial charge in [-0.2, -0.15) is 5.10 Å². The number of halogens is 2. The van der Waals surface area contributed by atoms with Crippen LogP contribution in [0.3, 0.4) is 0 Å². The van der Waals surface area contributed by atoms with Gasteiger partial charge in [0.25, 0.3) is 0 Å². The molecule has 24 heavy (non-hydrogen) atoms. The zero-order chi connectivity index (χ0) is 16.9. The minimum atomic E-state index is -0.383. The van der Waals surface area contributed by atoms with E-state index in [1.807, 2.05) is 21.8 Å². The van der Waals surface area contributed by atoms with E-state index in [1.54, 1.807) is 12.3 Å². The molecule has 1 amide bonds. The molecule has 1 unspecified atom stereocenters. The number of piperidine rings is 1. The van der Waals surface area contributed by atoms with Crippen LogP contribution in [-0.2, 0) is 17.8 Å². The Labute approximate surface area is 146 Å². The second-order valence-electron chi connectivity index (χ2n) is 6.21. The molecule has 1 aromatic heterocycles. The Hall–Kier alpha value is -1.88. The van der Waals surface area contributed by atoms with Crippen molar-refractivity contribution in [1.29, 1.82) is 0 Å². The van der Waals surface area contributed by atoms with E-state index in [0.29, 0.717) is 10.6 Å². The predicted molar refractivity (Wildman–Crippen MR) is 91.3 cm³/mol. The average Bonchev–Trinajstić information content (AvgIpc) is 3.09. The standard InChI is InChI=1S/C18H21ClFN3O/c19-17-13-15(20)6-5-14(17)12-18(24)23-10-2-1-4-16(23)7-11-22-9-3-8-21-22/h3,5-6,8-9,13,16H,1-2,4,7,10-12H2. The first-order valence-electron chi connectivity index (χ1n) is 8.34. The summed E-state index contributed by atoms with van der Waals surface area (Å²) >= 11 is 6.06. The maximum atomic E-state index is 13.1. The van der Waals surface area contributed by atoms with Crippen LogP contribution in [0.5, 0.6) is 0 Å². The lowest BCUT2D eigenvalue weighted by molar-refractivity contribution is -0.134. The summed E-state index contributed by atoms with van der Waals surface area (Å²) in [5.41, 5.74) is 0.680. The molecule has 0 bridgehead atoms. The first-order valence-corrected chi connectivity index (χ1v) is 8.72. The van der Waals surface area contributed by atoms with Gasteiger partial charge in [0.05, 0.1) is 6.42 Å². The molecule has 1 atom stereocenters. The number of nitrogens with zero attached hydrogens (tertiary/aromatic N) is 3. The quantitative estimate of drug-likeness (QED) is 0.825. The SMILES string of the molecule is O=C(Cc1ccc(F)cc1Cl)N1CCCCC1CCn1cccn1. The molecular weight excluding hydrogens is 329 g/mol.